The van der Waals surface area contributed by atoms with Crippen molar-refractivity contribution in [3.05, 3.63) is 24.0 Å². The molecule has 0 aliphatic heterocycles. The number of methoxy groups -OCH3 is 1. The third-order valence-corrected chi connectivity index (χ3v) is 2.32. The van der Waals surface area contributed by atoms with E-state index < -0.39 is 6.10 Å². The van der Waals surface area contributed by atoms with Crippen LogP contribution in [0.2, 0.25) is 0 Å². The Hall–Kier alpha value is -1.33. The summed E-state index contributed by atoms with van der Waals surface area (Å²) in [6.45, 7) is 4.22. The van der Waals surface area contributed by atoms with Crippen molar-refractivity contribution >= 4 is 5.69 Å². The summed E-state index contributed by atoms with van der Waals surface area (Å²) in [7, 11) is 1.52. The molecule has 0 aliphatic rings. The maximum absolute atomic E-state index is 13.4. The highest BCUT2D eigenvalue weighted by atomic mass is 19.1. The molecule has 102 valence electrons. The maximum Gasteiger partial charge on any atom is 0.146 e. The number of hydrogen-bond acceptors (Lipinski definition) is 4. The average Bonchev–Trinajstić information content (AvgIpc) is 2.35. The summed E-state index contributed by atoms with van der Waals surface area (Å²) in [6, 6.07) is 4.41. The van der Waals surface area contributed by atoms with Crippen LogP contribution in [0.15, 0.2) is 18.2 Å². The quantitative estimate of drug-likeness (QED) is 0.784. The number of halogens is 1. The second-order valence-electron chi connectivity index (χ2n) is 4.26. The standard InChI is InChI=1S/C13H20FNO3/c1-9(2)18-8-10(16)7-15-13-6-11(17-3)4-5-12(13)14/h4-6,9-10,15-16H,7-8H2,1-3H3. The van der Waals surface area contributed by atoms with Crippen LogP contribution in [0.5, 0.6) is 5.75 Å². The number of hydrogen-bond donors (Lipinski definition) is 2. The summed E-state index contributed by atoms with van der Waals surface area (Å²) < 4.78 is 23.7. The lowest BCUT2D eigenvalue weighted by Crippen LogP contribution is -2.26. The molecule has 1 aromatic rings. The molecule has 0 radical (unpaired) electrons. The van der Waals surface area contributed by atoms with E-state index >= 15 is 0 Å². The number of benzene rings is 1. The second kappa shape index (κ2) is 7.18. The first-order valence-corrected chi connectivity index (χ1v) is 5.90. The van der Waals surface area contributed by atoms with E-state index in [1.54, 1.807) is 12.1 Å². The van der Waals surface area contributed by atoms with E-state index in [0.29, 0.717) is 11.4 Å². The summed E-state index contributed by atoms with van der Waals surface area (Å²) in [5.41, 5.74) is 0.304. The van der Waals surface area contributed by atoms with Crippen LogP contribution in [-0.2, 0) is 4.74 Å². The lowest BCUT2D eigenvalue weighted by atomic mass is 10.2. The topological polar surface area (TPSA) is 50.7 Å². The monoisotopic (exact) mass is 257 g/mol. The zero-order valence-corrected chi connectivity index (χ0v) is 10.9. The molecule has 0 heterocycles. The fraction of sp³-hybridized carbons (Fsp3) is 0.538. The molecule has 5 heteroatoms. The van der Waals surface area contributed by atoms with E-state index in [0.717, 1.165) is 0 Å². The van der Waals surface area contributed by atoms with Crippen LogP contribution in [0.25, 0.3) is 0 Å². The number of nitrogens with one attached hydrogen (secondary N) is 1. The predicted octanol–water partition coefficient (Wildman–Crippen LogP) is 2.03. The van der Waals surface area contributed by atoms with Gasteiger partial charge in [-0.25, -0.2) is 4.39 Å². The van der Waals surface area contributed by atoms with Crippen molar-refractivity contribution in [2.45, 2.75) is 26.1 Å². The number of anilines is 1. The molecular formula is C13H20FNO3. The van der Waals surface area contributed by atoms with Crippen LogP contribution >= 0.6 is 0 Å². The molecule has 0 spiro atoms. The highest BCUT2D eigenvalue weighted by molar-refractivity contribution is 5.49. The maximum atomic E-state index is 13.4. The minimum Gasteiger partial charge on any atom is -0.497 e. The molecule has 2 N–H and O–H groups in total. The van der Waals surface area contributed by atoms with Gasteiger partial charge >= 0.3 is 0 Å². The molecule has 18 heavy (non-hydrogen) atoms. The molecule has 1 aromatic carbocycles. The van der Waals surface area contributed by atoms with Gasteiger partial charge in [-0.2, -0.15) is 0 Å². The molecule has 1 atom stereocenters. The first-order valence-electron chi connectivity index (χ1n) is 5.90. The molecule has 0 saturated heterocycles. The molecule has 4 nitrogen and oxygen atoms in total. The van der Waals surface area contributed by atoms with Crippen LogP contribution in [0.3, 0.4) is 0 Å². The largest absolute Gasteiger partial charge is 0.497 e. The van der Waals surface area contributed by atoms with Gasteiger partial charge in [0.25, 0.3) is 0 Å². The van der Waals surface area contributed by atoms with Gasteiger partial charge in [0.15, 0.2) is 0 Å². The van der Waals surface area contributed by atoms with Gasteiger partial charge in [0.05, 0.1) is 31.6 Å². The van der Waals surface area contributed by atoms with Crippen molar-refractivity contribution in [1.82, 2.24) is 0 Å². The van der Waals surface area contributed by atoms with Crippen LogP contribution in [0.4, 0.5) is 10.1 Å². The number of aliphatic hydroxyl groups excluding tert-OH is 1. The Morgan fingerprint density at radius 3 is 2.72 bits per heavy atom. The Morgan fingerprint density at radius 2 is 2.11 bits per heavy atom. The van der Waals surface area contributed by atoms with Gasteiger partial charge in [0, 0.05) is 12.6 Å². The molecule has 0 saturated carbocycles. The van der Waals surface area contributed by atoms with Gasteiger partial charge in [-0.05, 0) is 26.0 Å². The number of rotatable bonds is 7. The average molecular weight is 257 g/mol. The Kier molecular flexibility index (Phi) is 5.88. The third-order valence-electron chi connectivity index (χ3n) is 2.32. The third kappa shape index (κ3) is 4.89. The Balaban J connectivity index is 2.47. The van der Waals surface area contributed by atoms with Crippen LogP contribution < -0.4 is 10.1 Å². The molecule has 0 fully saturated rings. The summed E-state index contributed by atoms with van der Waals surface area (Å²) in [4.78, 5) is 0. The zero-order chi connectivity index (χ0) is 13.5. The molecule has 1 rings (SSSR count). The SMILES string of the molecule is COc1ccc(F)c(NCC(O)COC(C)C)c1. The van der Waals surface area contributed by atoms with Crippen molar-refractivity contribution in [3.63, 3.8) is 0 Å². The fourth-order valence-electron chi connectivity index (χ4n) is 1.36. The minimum atomic E-state index is -0.682. The van der Waals surface area contributed by atoms with Gasteiger partial charge in [0.2, 0.25) is 0 Å². The summed E-state index contributed by atoms with van der Waals surface area (Å²) in [5, 5.41) is 12.5. The summed E-state index contributed by atoms with van der Waals surface area (Å²) in [6.07, 6.45) is -0.619. The van der Waals surface area contributed by atoms with Crippen molar-refractivity contribution in [3.8, 4) is 5.75 Å². The molecule has 0 aliphatic carbocycles. The summed E-state index contributed by atoms with van der Waals surface area (Å²) >= 11 is 0. The van der Waals surface area contributed by atoms with Crippen LogP contribution in [0.1, 0.15) is 13.8 Å². The van der Waals surface area contributed by atoms with E-state index in [1.807, 2.05) is 13.8 Å². The highest BCUT2D eigenvalue weighted by Gasteiger charge is 2.08. The lowest BCUT2D eigenvalue weighted by molar-refractivity contribution is 0.0112. The lowest BCUT2D eigenvalue weighted by Gasteiger charge is -2.15. The number of ether oxygens (including phenoxy) is 2. The molecule has 0 amide bonds. The Bertz CT molecular complexity index is 371. The highest BCUT2D eigenvalue weighted by Crippen LogP contribution is 2.20. The van der Waals surface area contributed by atoms with Crippen molar-refractivity contribution < 1.29 is 19.0 Å². The predicted molar refractivity (Wildman–Crippen MR) is 68.5 cm³/mol. The Labute approximate surface area is 107 Å². The first kappa shape index (κ1) is 14.7. The van der Waals surface area contributed by atoms with Gasteiger partial charge in [-0.1, -0.05) is 0 Å². The second-order valence-corrected chi connectivity index (χ2v) is 4.26. The molecular weight excluding hydrogens is 237 g/mol. The van der Waals surface area contributed by atoms with E-state index in [2.05, 4.69) is 5.32 Å². The van der Waals surface area contributed by atoms with Gasteiger partial charge in [-0.3, -0.25) is 0 Å². The van der Waals surface area contributed by atoms with Crippen molar-refractivity contribution in [1.29, 1.82) is 0 Å². The molecule has 1 unspecified atom stereocenters. The molecule has 0 aromatic heterocycles. The molecule has 0 bridgehead atoms. The smallest absolute Gasteiger partial charge is 0.146 e. The van der Waals surface area contributed by atoms with Gasteiger partial charge in [0.1, 0.15) is 11.6 Å². The van der Waals surface area contributed by atoms with E-state index in [9.17, 15) is 9.50 Å². The Morgan fingerprint density at radius 1 is 1.39 bits per heavy atom. The van der Waals surface area contributed by atoms with Crippen LogP contribution in [-0.4, -0.2) is 37.6 Å². The van der Waals surface area contributed by atoms with E-state index in [-0.39, 0.29) is 25.1 Å². The first-order chi connectivity index (χ1) is 8.52. The normalized spacial score (nSPS) is 12.6. The fourth-order valence-corrected chi connectivity index (χ4v) is 1.36. The van der Waals surface area contributed by atoms with Gasteiger partial charge < -0.3 is 19.9 Å². The van der Waals surface area contributed by atoms with Crippen LogP contribution in [0, 0.1) is 5.82 Å². The van der Waals surface area contributed by atoms with Crippen molar-refractivity contribution in [2.75, 3.05) is 25.6 Å². The van der Waals surface area contributed by atoms with E-state index in [1.165, 1.54) is 13.2 Å². The van der Waals surface area contributed by atoms with E-state index in [4.69, 9.17) is 9.47 Å². The van der Waals surface area contributed by atoms with Gasteiger partial charge in [-0.15, -0.1) is 0 Å². The van der Waals surface area contributed by atoms with Crippen molar-refractivity contribution in [2.24, 2.45) is 0 Å². The zero-order valence-electron chi connectivity index (χ0n) is 10.9. The summed E-state index contributed by atoms with van der Waals surface area (Å²) in [5.74, 6) is 0.180. The number of aliphatic hydroxyl groups is 1. The minimum absolute atomic E-state index is 0.0632.